The molecule has 0 unspecified atom stereocenters. The van der Waals surface area contributed by atoms with Crippen molar-refractivity contribution in [1.29, 1.82) is 0 Å². The van der Waals surface area contributed by atoms with Gasteiger partial charge in [0.2, 0.25) is 0 Å². The van der Waals surface area contributed by atoms with E-state index in [2.05, 4.69) is 16.0 Å². The fraction of sp³-hybridized carbons (Fsp3) is 0.514. The summed E-state index contributed by atoms with van der Waals surface area (Å²) in [5, 5.41) is 45.9. The van der Waals surface area contributed by atoms with Gasteiger partial charge >= 0.3 is 17.6 Å². The maximum atomic E-state index is 11.5. The molecular weight excluding hydrogens is 745 g/mol. The van der Waals surface area contributed by atoms with E-state index in [0.29, 0.717) is 31.2 Å². The Bertz CT molecular complexity index is 1670. The molecule has 5 atom stereocenters. The topological polar surface area (TPSA) is 244 Å². The summed E-state index contributed by atoms with van der Waals surface area (Å²) >= 11 is 11.5. The summed E-state index contributed by atoms with van der Waals surface area (Å²) < 4.78 is 11.9. The molecule has 0 aliphatic carbocycles. The number of alkyl halides is 2. The maximum Gasteiger partial charge on any atom is 0.351 e. The minimum atomic E-state index is -1.31. The number of carboxylic acids is 2. The number of aryl methyl sites for hydroxylation is 2. The van der Waals surface area contributed by atoms with Gasteiger partial charge in [-0.15, -0.1) is 23.2 Å². The second kappa shape index (κ2) is 22.4. The van der Waals surface area contributed by atoms with Crippen molar-refractivity contribution in [2.24, 2.45) is 11.1 Å². The first-order valence-corrected chi connectivity index (χ1v) is 18.4. The Morgan fingerprint density at radius 1 is 1.04 bits per heavy atom. The van der Waals surface area contributed by atoms with E-state index in [4.69, 9.17) is 59.5 Å². The van der Waals surface area contributed by atoms with Crippen molar-refractivity contribution in [2.75, 3.05) is 48.7 Å². The molecule has 0 amide bonds. The van der Waals surface area contributed by atoms with Gasteiger partial charge in [0.1, 0.15) is 35.9 Å². The lowest BCUT2D eigenvalue weighted by molar-refractivity contribution is -0.147. The molecule has 1 saturated heterocycles. The standard InChI is InChI=1S/C15H22O3.C13H18Cl2N2O2.C9H13N3O5/c1-11-6-7-12(2)13(10-11)18-9-5-8-15(3,4)14(16)17;14-5-7-17(8-6-15)11-3-1-10(2-4-11)9-12(16)13(18)19;10-5-1-2-12(9(16)11-5)8-7(15)6(14)4(3-13)17-8/h6-7,10H,5,8-9H2,1-4H3,(H,16,17);1-4,12H,5-9,16H2,(H,18,19);1-2,4,6-8,13-15H,3H2,(H2,10,11,16)/t;12-;4-,6-,7+,8-/m.01/s1. The van der Waals surface area contributed by atoms with E-state index in [1.54, 1.807) is 13.8 Å². The average molecular weight is 799 g/mol. The van der Waals surface area contributed by atoms with Crippen LogP contribution in [0.3, 0.4) is 0 Å². The molecule has 0 saturated carbocycles. The number of nitrogen functional groups attached to an aromatic ring is 1. The number of rotatable bonds is 16. The predicted molar refractivity (Wildman–Crippen MR) is 207 cm³/mol. The molecule has 300 valence electrons. The van der Waals surface area contributed by atoms with Gasteiger partial charge in [0.05, 0.1) is 18.6 Å². The summed E-state index contributed by atoms with van der Waals surface area (Å²) in [6, 6.07) is 14.2. The van der Waals surface area contributed by atoms with Crippen LogP contribution in [-0.2, 0) is 20.7 Å². The highest BCUT2D eigenvalue weighted by Crippen LogP contribution is 2.28. The molecule has 0 bridgehead atoms. The smallest absolute Gasteiger partial charge is 0.351 e. The number of anilines is 2. The van der Waals surface area contributed by atoms with Crippen molar-refractivity contribution in [1.82, 2.24) is 9.55 Å². The largest absolute Gasteiger partial charge is 0.493 e. The van der Waals surface area contributed by atoms with Gasteiger partial charge in [0.15, 0.2) is 6.23 Å². The lowest BCUT2D eigenvalue weighted by atomic mass is 9.88. The maximum absolute atomic E-state index is 11.5. The van der Waals surface area contributed by atoms with Crippen LogP contribution in [0.15, 0.2) is 59.5 Å². The van der Waals surface area contributed by atoms with Gasteiger partial charge in [-0.25, -0.2) is 4.79 Å². The van der Waals surface area contributed by atoms with Crippen LogP contribution in [0.2, 0.25) is 0 Å². The third kappa shape index (κ3) is 14.4. The van der Waals surface area contributed by atoms with Crippen LogP contribution in [0.4, 0.5) is 11.5 Å². The lowest BCUT2D eigenvalue weighted by Gasteiger charge is -2.23. The Kier molecular flexibility index (Phi) is 19.2. The van der Waals surface area contributed by atoms with Crippen LogP contribution >= 0.6 is 23.2 Å². The molecule has 0 spiro atoms. The van der Waals surface area contributed by atoms with E-state index in [-0.39, 0.29) is 5.82 Å². The highest BCUT2D eigenvalue weighted by atomic mass is 35.5. The van der Waals surface area contributed by atoms with Crippen LogP contribution in [0.25, 0.3) is 0 Å². The number of aliphatic hydroxyl groups excluding tert-OH is 3. The van der Waals surface area contributed by atoms with Gasteiger partial charge < -0.3 is 51.4 Å². The quantitative estimate of drug-likeness (QED) is 0.0815. The lowest BCUT2D eigenvalue weighted by Crippen LogP contribution is -2.36. The first-order chi connectivity index (χ1) is 25.4. The number of aliphatic carboxylic acids is 2. The van der Waals surface area contributed by atoms with E-state index < -0.39 is 60.2 Å². The SMILES string of the molecule is Cc1ccc(C)c(OCCCC(C)(C)C(=O)O)c1.N[C@@H](Cc1ccc(N(CCCl)CCCl)cc1)C(=O)O.Nc1ccn([C@@H]2O[C@H](CO)[C@@H](O)[C@@H]2O)c(=O)n1. The number of halogens is 2. The van der Waals surface area contributed by atoms with Gasteiger partial charge in [-0.1, -0.05) is 24.3 Å². The van der Waals surface area contributed by atoms with Crippen LogP contribution in [0.5, 0.6) is 5.75 Å². The van der Waals surface area contributed by atoms with Crippen LogP contribution < -0.4 is 26.8 Å². The molecule has 3 aromatic rings. The Hall–Kier alpha value is -3.96. The fourth-order valence-electron chi connectivity index (χ4n) is 5.15. The first kappa shape index (κ1) is 46.2. The Morgan fingerprint density at radius 3 is 2.19 bits per heavy atom. The molecule has 1 aromatic heterocycles. The second-order valence-corrected chi connectivity index (χ2v) is 14.1. The molecule has 2 aromatic carbocycles. The average Bonchev–Trinajstić information content (AvgIpc) is 3.41. The normalized spacial score (nSPS) is 18.4. The molecular formula is C37H53Cl2N5O10. The van der Waals surface area contributed by atoms with Crippen LogP contribution in [0, 0.1) is 19.3 Å². The highest BCUT2D eigenvalue weighted by Gasteiger charge is 2.43. The highest BCUT2D eigenvalue weighted by molar-refractivity contribution is 6.18. The molecule has 1 fully saturated rings. The number of benzene rings is 2. The second-order valence-electron chi connectivity index (χ2n) is 13.4. The van der Waals surface area contributed by atoms with Crippen molar-refractivity contribution >= 4 is 46.6 Å². The first-order valence-electron chi connectivity index (χ1n) is 17.3. The molecule has 54 heavy (non-hydrogen) atoms. The zero-order valence-corrected chi connectivity index (χ0v) is 32.5. The molecule has 4 rings (SSSR count). The summed E-state index contributed by atoms with van der Waals surface area (Å²) in [4.78, 5) is 38.7. The predicted octanol–water partition coefficient (Wildman–Crippen LogP) is 2.94. The number of aliphatic hydroxyl groups is 3. The number of aromatic nitrogens is 2. The van der Waals surface area contributed by atoms with Crippen molar-refractivity contribution in [3.8, 4) is 5.75 Å². The third-order valence-electron chi connectivity index (χ3n) is 8.55. The monoisotopic (exact) mass is 797 g/mol. The number of nitrogens with two attached hydrogens (primary N) is 2. The van der Waals surface area contributed by atoms with Gasteiger partial charge in [-0.2, -0.15) is 4.98 Å². The summed E-state index contributed by atoms with van der Waals surface area (Å²) in [5.74, 6) is 0.260. The van der Waals surface area contributed by atoms with Crippen molar-refractivity contribution in [3.05, 3.63) is 81.9 Å². The van der Waals surface area contributed by atoms with E-state index >= 15 is 0 Å². The molecule has 17 heteroatoms. The number of hydrogen-bond donors (Lipinski definition) is 7. The van der Waals surface area contributed by atoms with Crippen LogP contribution in [0.1, 0.15) is 49.6 Å². The summed E-state index contributed by atoms with van der Waals surface area (Å²) in [6.07, 6.45) is -1.59. The van der Waals surface area contributed by atoms with E-state index in [1.165, 1.54) is 17.8 Å². The Labute approximate surface area is 325 Å². The Morgan fingerprint density at radius 2 is 1.67 bits per heavy atom. The van der Waals surface area contributed by atoms with Gasteiger partial charge in [0.25, 0.3) is 0 Å². The molecule has 9 N–H and O–H groups in total. The summed E-state index contributed by atoms with van der Waals surface area (Å²) in [7, 11) is 0. The zero-order chi connectivity index (χ0) is 40.6. The zero-order valence-electron chi connectivity index (χ0n) is 31.0. The number of nitrogens with zero attached hydrogens (tertiary/aromatic N) is 3. The molecule has 1 aliphatic rings. The summed E-state index contributed by atoms with van der Waals surface area (Å²) in [6.45, 7) is 9.08. The van der Waals surface area contributed by atoms with Crippen molar-refractivity contribution in [2.45, 2.75) is 77.5 Å². The fourth-order valence-corrected chi connectivity index (χ4v) is 5.56. The van der Waals surface area contributed by atoms with Crippen LogP contribution in [-0.4, -0.2) is 109 Å². The molecule has 1 aliphatic heterocycles. The molecule has 0 radical (unpaired) electrons. The van der Waals surface area contributed by atoms with Gasteiger partial charge in [0, 0.05) is 36.7 Å². The minimum Gasteiger partial charge on any atom is -0.493 e. The van der Waals surface area contributed by atoms with Gasteiger partial charge in [-0.3, -0.25) is 14.2 Å². The number of carboxylic acid groups (broad SMARTS) is 2. The van der Waals surface area contributed by atoms with E-state index in [9.17, 15) is 24.6 Å². The third-order valence-corrected chi connectivity index (χ3v) is 8.89. The molecule has 15 nitrogen and oxygen atoms in total. The number of carbonyl (C=O) groups is 2. The molecule has 2 heterocycles. The van der Waals surface area contributed by atoms with Crippen molar-refractivity contribution < 1.29 is 44.6 Å². The Balaban J connectivity index is 0.000000280. The minimum absolute atomic E-state index is 0.0537. The van der Waals surface area contributed by atoms with E-state index in [0.717, 1.165) is 46.6 Å². The number of ether oxygens (including phenoxy) is 2. The van der Waals surface area contributed by atoms with Crippen molar-refractivity contribution in [3.63, 3.8) is 0 Å². The van der Waals surface area contributed by atoms with E-state index in [1.807, 2.05) is 50.2 Å². The van der Waals surface area contributed by atoms with Gasteiger partial charge in [-0.05, 0) is 87.9 Å². The summed E-state index contributed by atoms with van der Waals surface area (Å²) in [5.41, 5.74) is 13.6. The number of hydrogen-bond acceptors (Lipinski definition) is 12.